The van der Waals surface area contributed by atoms with Crippen molar-refractivity contribution in [3.63, 3.8) is 0 Å². The van der Waals surface area contributed by atoms with Gasteiger partial charge >= 0.3 is 6.18 Å². The fourth-order valence-corrected chi connectivity index (χ4v) is 5.17. The number of hydrogen-bond donors (Lipinski definition) is 1. The van der Waals surface area contributed by atoms with Crippen LogP contribution in [0.1, 0.15) is 37.3 Å². The first-order valence-corrected chi connectivity index (χ1v) is 11.8. The Balaban J connectivity index is 1.97. The monoisotopic (exact) mass is 571 g/mol. The molecule has 3 rings (SSSR count). The van der Waals surface area contributed by atoms with Crippen LogP contribution in [0.15, 0.2) is 34.8 Å². The molecule has 1 fully saturated rings. The Morgan fingerprint density at radius 2 is 1.84 bits per heavy atom. The lowest BCUT2D eigenvalue weighted by atomic mass is 9.77. The second-order valence-corrected chi connectivity index (χ2v) is 9.75. The number of alkyl halides is 3. The third kappa shape index (κ3) is 4.64. The summed E-state index contributed by atoms with van der Waals surface area (Å²) in [5.74, 6) is 0.131. The Kier molecular flexibility index (Phi) is 7.77. The van der Waals surface area contributed by atoms with Gasteiger partial charge in [0, 0.05) is 29.5 Å². The SMILES string of the molecule is CCC(=O)CCc1ccc(N2CCC(c3cc(Cl)c(Cl)c(Cl)c3)(C(F)(F)F)C2O)cc1Br. The molecule has 2 atom stereocenters. The van der Waals surface area contributed by atoms with Gasteiger partial charge in [-0.05, 0) is 48.2 Å². The number of Topliss-reactive ketones (excluding diaryl/α,β-unsaturated/α-hetero) is 1. The molecule has 0 radical (unpaired) electrons. The van der Waals surface area contributed by atoms with Crippen LogP contribution in [0.25, 0.3) is 0 Å². The Labute approximate surface area is 207 Å². The van der Waals surface area contributed by atoms with Crippen molar-refractivity contribution in [3.8, 4) is 0 Å². The molecule has 1 aliphatic heterocycles. The van der Waals surface area contributed by atoms with Crippen LogP contribution in [0.3, 0.4) is 0 Å². The van der Waals surface area contributed by atoms with E-state index in [1.165, 1.54) is 4.90 Å². The van der Waals surface area contributed by atoms with E-state index in [0.717, 1.165) is 17.7 Å². The molecule has 2 aromatic carbocycles. The number of nitrogens with zero attached hydrogens (tertiary/aromatic N) is 1. The number of benzene rings is 2. The molecule has 2 aromatic rings. The number of aliphatic hydroxyl groups excluding tert-OH is 1. The largest absolute Gasteiger partial charge is 0.402 e. The lowest BCUT2D eigenvalue weighted by molar-refractivity contribution is -0.210. The normalized spacial score (nSPS) is 21.3. The average Bonchev–Trinajstić information content (AvgIpc) is 3.08. The first kappa shape index (κ1) is 25.6. The molecule has 0 saturated carbocycles. The number of ketones is 1. The zero-order valence-electron chi connectivity index (χ0n) is 16.9. The molecule has 1 heterocycles. The number of anilines is 1. The molecule has 1 N–H and O–H groups in total. The van der Waals surface area contributed by atoms with E-state index in [0.29, 0.717) is 29.4 Å². The number of carbonyl (C=O) groups is 1. The number of hydrogen-bond acceptors (Lipinski definition) is 3. The molecule has 0 bridgehead atoms. The third-order valence-corrected chi connectivity index (χ3v) is 7.86. The molecule has 3 nitrogen and oxygen atoms in total. The maximum atomic E-state index is 14.4. The maximum Gasteiger partial charge on any atom is 0.402 e. The quantitative estimate of drug-likeness (QED) is 0.368. The van der Waals surface area contributed by atoms with E-state index in [-0.39, 0.29) is 33.0 Å². The summed E-state index contributed by atoms with van der Waals surface area (Å²) in [5, 5.41) is 10.7. The Morgan fingerprint density at radius 1 is 1.22 bits per heavy atom. The fraction of sp³-hybridized carbons (Fsp3) is 0.409. The van der Waals surface area contributed by atoms with Crippen molar-refractivity contribution >= 4 is 62.2 Å². The van der Waals surface area contributed by atoms with E-state index in [1.54, 1.807) is 25.1 Å². The van der Waals surface area contributed by atoms with Crippen LogP contribution >= 0.6 is 50.7 Å². The van der Waals surface area contributed by atoms with Crippen LogP contribution in [0, 0.1) is 0 Å². The van der Waals surface area contributed by atoms with Gasteiger partial charge in [0.15, 0.2) is 0 Å². The highest BCUT2D eigenvalue weighted by Crippen LogP contribution is 2.53. The van der Waals surface area contributed by atoms with E-state index >= 15 is 0 Å². The molecule has 2 unspecified atom stereocenters. The smallest absolute Gasteiger partial charge is 0.372 e. The van der Waals surface area contributed by atoms with Gasteiger partial charge in [0.2, 0.25) is 0 Å². The van der Waals surface area contributed by atoms with Crippen LogP contribution in [0.2, 0.25) is 15.1 Å². The molecule has 1 saturated heterocycles. The summed E-state index contributed by atoms with van der Waals surface area (Å²) in [6.07, 6.45) is -5.72. The highest BCUT2D eigenvalue weighted by Gasteiger charge is 2.65. The summed E-state index contributed by atoms with van der Waals surface area (Å²) in [6, 6.07) is 7.27. The second-order valence-electron chi connectivity index (χ2n) is 7.71. The van der Waals surface area contributed by atoms with Gasteiger partial charge in [-0.2, -0.15) is 13.2 Å². The molecule has 0 spiro atoms. The van der Waals surface area contributed by atoms with E-state index in [4.69, 9.17) is 34.8 Å². The fourth-order valence-electron chi connectivity index (χ4n) is 4.01. The summed E-state index contributed by atoms with van der Waals surface area (Å²) in [7, 11) is 0. The van der Waals surface area contributed by atoms with Crippen molar-refractivity contribution in [3.05, 3.63) is 61.0 Å². The molecule has 10 heteroatoms. The maximum absolute atomic E-state index is 14.4. The average molecular weight is 574 g/mol. The molecule has 174 valence electrons. The minimum atomic E-state index is -4.78. The van der Waals surface area contributed by atoms with E-state index in [9.17, 15) is 23.1 Å². The highest BCUT2D eigenvalue weighted by molar-refractivity contribution is 9.10. The van der Waals surface area contributed by atoms with Crippen molar-refractivity contribution in [1.29, 1.82) is 0 Å². The Hall–Kier alpha value is -0.990. The number of halogens is 7. The molecular formula is C22H20BrCl3F3NO2. The van der Waals surface area contributed by atoms with Crippen molar-refractivity contribution < 1.29 is 23.1 Å². The molecule has 0 aliphatic carbocycles. The first-order chi connectivity index (χ1) is 14.9. The van der Waals surface area contributed by atoms with Gasteiger partial charge in [-0.25, -0.2) is 0 Å². The lowest BCUT2D eigenvalue weighted by Crippen LogP contribution is -2.52. The second kappa shape index (κ2) is 9.71. The van der Waals surface area contributed by atoms with Gasteiger partial charge in [0.05, 0.1) is 15.1 Å². The Morgan fingerprint density at radius 3 is 2.38 bits per heavy atom. The number of carbonyl (C=O) groups excluding carboxylic acids is 1. The first-order valence-electron chi connectivity index (χ1n) is 9.89. The van der Waals surface area contributed by atoms with Crippen molar-refractivity contribution in [2.75, 3.05) is 11.4 Å². The number of aliphatic hydroxyl groups is 1. The van der Waals surface area contributed by atoms with Crippen LogP contribution in [0.5, 0.6) is 0 Å². The summed E-state index contributed by atoms with van der Waals surface area (Å²) < 4.78 is 43.9. The number of rotatable bonds is 6. The summed E-state index contributed by atoms with van der Waals surface area (Å²) >= 11 is 21.4. The van der Waals surface area contributed by atoms with E-state index in [2.05, 4.69) is 15.9 Å². The van der Waals surface area contributed by atoms with Gasteiger partial charge in [0.25, 0.3) is 0 Å². The highest BCUT2D eigenvalue weighted by atomic mass is 79.9. The number of aryl methyl sites for hydroxylation is 1. The molecule has 1 aliphatic rings. The predicted molar refractivity (Wildman–Crippen MR) is 125 cm³/mol. The van der Waals surface area contributed by atoms with Crippen LogP contribution in [-0.2, 0) is 16.6 Å². The van der Waals surface area contributed by atoms with Crippen molar-refractivity contribution in [2.45, 2.75) is 50.4 Å². The van der Waals surface area contributed by atoms with Gasteiger partial charge in [-0.1, -0.05) is 63.7 Å². The summed E-state index contributed by atoms with van der Waals surface area (Å²) in [5.41, 5.74) is -1.55. The van der Waals surface area contributed by atoms with Crippen molar-refractivity contribution in [2.24, 2.45) is 0 Å². The lowest BCUT2D eigenvalue weighted by Gasteiger charge is -2.37. The van der Waals surface area contributed by atoms with Gasteiger partial charge < -0.3 is 10.0 Å². The summed E-state index contributed by atoms with van der Waals surface area (Å²) in [6.45, 7) is 1.75. The minimum absolute atomic E-state index is 0.0418. The minimum Gasteiger partial charge on any atom is -0.372 e. The zero-order chi connectivity index (χ0) is 23.8. The summed E-state index contributed by atoms with van der Waals surface area (Å²) in [4.78, 5) is 12.9. The standard InChI is InChI=1S/C22H20BrCl3F3NO2/c1-2-15(31)6-4-12-3-5-14(11-16(12)23)30-8-7-21(20(30)32,22(27,28)29)13-9-17(24)19(26)18(25)10-13/h3,5,9-11,20,32H,2,4,6-8H2,1H3. The van der Waals surface area contributed by atoms with Crippen LogP contribution < -0.4 is 4.90 Å². The predicted octanol–water partition coefficient (Wildman–Crippen LogP) is 7.35. The van der Waals surface area contributed by atoms with Gasteiger partial charge in [-0.15, -0.1) is 0 Å². The van der Waals surface area contributed by atoms with E-state index < -0.39 is 24.2 Å². The van der Waals surface area contributed by atoms with Crippen LogP contribution in [0.4, 0.5) is 18.9 Å². The third-order valence-electron chi connectivity index (χ3n) is 5.92. The van der Waals surface area contributed by atoms with Crippen LogP contribution in [-0.4, -0.2) is 29.8 Å². The molecule has 32 heavy (non-hydrogen) atoms. The Bertz CT molecular complexity index is 1010. The molecular weight excluding hydrogens is 554 g/mol. The van der Waals surface area contributed by atoms with Crippen molar-refractivity contribution in [1.82, 2.24) is 0 Å². The van der Waals surface area contributed by atoms with Gasteiger partial charge in [-0.3, -0.25) is 4.79 Å². The molecule has 0 aromatic heterocycles. The van der Waals surface area contributed by atoms with Gasteiger partial charge in [0.1, 0.15) is 17.4 Å². The zero-order valence-corrected chi connectivity index (χ0v) is 20.8. The van der Waals surface area contributed by atoms with E-state index in [1.807, 2.05) is 0 Å². The molecule has 0 amide bonds. The topological polar surface area (TPSA) is 40.5 Å².